The fourth-order valence-corrected chi connectivity index (χ4v) is 1.90. The molecule has 1 aromatic heterocycles. The number of carbonyl (C=O) groups excluding carboxylic acids is 1. The molecule has 0 aliphatic heterocycles. The van der Waals surface area contributed by atoms with Crippen molar-refractivity contribution in [3.05, 3.63) is 23.5 Å². The summed E-state index contributed by atoms with van der Waals surface area (Å²) in [5.74, 6) is 0.773. The lowest BCUT2D eigenvalue weighted by Gasteiger charge is -2.15. The van der Waals surface area contributed by atoms with E-state index in [0.717, 1.165) is 17.1 Å². The van der Waals surface area contributed by atoms with Crippen molar-refractivity contribution in [2.24, 2.45) is 5.73 Å². The number of nitrogens with two attached hydrogens (primary N) is 1. The Bertz CT molecular complexity index is 343. The summed E-state index contributed by atoms with van der Waals surface area (Å²) in [6.07, 6.45) is 2.71. The number of thioether (sulfide) groups is 1. The normalized spacial score (nSPS) is 12.5. The van der Waals surface area contributed by atoms with E-state index in [0.29, 0.717) is 6.42 Å². The molecule has 0 aliphatic rings. The smallest absolute Gasteiger partial charge is 0.255 e. The third-order valence-electron chi connectivity index (χ3n) is 2.46. The minimum atomic E-state index is -0.436. The number of amides is 1. The van der Waals surface area contributed by atoms with E-state index in [2.05, 4.69) is 5.43 Å². The van der Waals surface area contributed by atoms with Crippen molar-refractivity contribution in [3.63, 3.8) is 0 Å². The van der Waals surface area contributed by atoms with Crippen molar-refractivity contribution in [1.82, 2.24) is 4.68 Å². The highest BCUT2D eigenvalue weighted by Crippen LogP contribution is 2.05. The molecular formula is C11H19N3OS. The third-order valence-corrected chi connectivity index (χ3v) is 3.11. The van der Waals surface area contributed by atoms with Crippen LogP contribution in [0, 0.1) is 13.8 Å². The average Bonchev–Trinajstić information content (AvgIpc) is 2.57. The van der Waals surface area contributed by atoms with Gasteiger partial charge in [-0.15, -0.1) is 0 Å². The van der Waals surface area contributed by atoms with Crippen molar-refractivity contribution in [2.75, 3.05) is 17.4 Å². The molecule has 1 amide bonds. The van der Waals surface area contributed by atoms with Gasteiger partial charge in [-0.3, -0.25) is 14.9 Å². The van der Waals surface area contributed by atoms with Gasteiger partial charge in [0.05, 0.1) is 6.04 Å². The molecule has 0 saturated carbocycles. The second-order valence-corrected chi connectivity index (χ2v) is 4.80. The van der Waals surface area contributed by atoms with E-state index in [-0.39, 0.29) is 5.91 Å². The number of nitrogens with one attached hydrogen (secondary N) is 1. The summed E-state index contributed by atoms with van der Waals surface area (Å²) in [7, 11) is 0. The first kappa shape index (κ1) is 13.1. The number of nitrogens with zero attached hydrogens (tertiary/aromatic N) is 1. The predicted octanol–water partition coefficient (Wildman–Crippen LogP) is 1.26. The largest absolute Gasteiger partial charge is 0.320 e. The van der Waals surface area contributed by atoms with Crippen LogP contribution in [-0.2, 0) is 4.79 Å². The van der Waals surface area contributed by atoms with Crippen LogP contribution in [0.1, 0.15) is 17.8 Å². The lowest BCUT2D eigenvalue weighted by Crippen LogP contribution is -2.40. The molecule has 1 atom stereocenters. The second kappa shape index (κ2) is 5.96. The molecule has 3 N–H and O–H groups in total. The maximum absolute atomic E-state index is 11.8. The highest BCUT2D eigenvalue weighted by molar-refractivity contribution is 7.98. The summed E-state index contributed by atoms with van der Waals surface area (Å²) >= 11 is 1.69. The zero-order valence-corrected chi connectivity index (χ0v) is 10.8. The van der Waals surface area contributed by atoms with Crippen LogP contribution in [0.15, 0.2) is 12.1 Å². The highest BCUT2D eigenvalue weighted by atomic mass is 32.2. The zero-order chi connectivity index (χ0) is 12.1. The average molecular weight is 241 g/mol. The van der Waals surface area contributed by atoms with Crippen molar-refractivity contribution in [1.29, 1.82) is 0 Å². The van der Waals surface area contributed by atoms with Crippen molar-refractivity contribution in [2.45, 2.75) is 26.3 Å². The van der Waals surface area contributed by atoms with Gasteiger partial charge in [-0.2, -0.15) is 11.8 Å². The van der Waals surface area contributed by atoms with Gasteiger partial charge in [0, 0.05) is 11.4 Å². The number of hydrogen-bond acceptors (Lipinski definition) is 3. The highest BCUT2D eigenvalue weighted by Gasteiger charge is 2.14. The van der Waals surface area contributed by atoms with E-state index in [1.54, 1.807) is 16.4 Å². The Labute approximate surface area is 101 Å². The van der Waals surface area contributed by atoms with Crippen LogP contribution in [0.25, 0.3) is 0 Å². The summed E-state index contributed by atoms with van der Waals surface area (Å²) in [4.78, 5) is 11.8. The number of carbonyl (C=O) groups is 1. The molecule has 0 aromatic carbocycles. The maximum atomic E-state index is 11.8. The number of aryl methyl sites for hydroxylation is 2. The number of hydrogen-bond donors (Lipinski definition) is 2. The second-order valence-electron chi connectivity index (χ2n) is 3.82. The summed E-state index contributed by atoms with van der Waals surface area (Å²) in [6.45, 7) is 3.89. The van der Waals surface area contributed by atoms with Crippen molar-refractivity contribution in [3.8, 4) is 0 Å². The Morgan fingerprint density at radius 1 is 1.50 bits per heavy atom. The Morgan fingerprint density at radius 3 is 2.56 bits per heavy atom. The lowest BCUT2D eigenvalue weighted by molar-refractivity contribution is -0.118. The molecule has 0 unspecified atom stereocenters. The molecule has 90 valence electrons. The minimum Gasteiger partial charge on any atom is -0.320 e. The summed E-state index contributed by atoms with van der Waals surface area (Å²) < 4.78 is 1.77. The zero-order valence-electron chi connectivity index (χ0n) is 9.99. The SMILES string of the molecule is CSCC[C@@H](N)C(=O)Nn1c(C)ccc1C. The van der Waals surface area contributed by atoms with Crippen LogP contribution in [0.2, 0.25) is 0 Å². The molecule has 5 heteroatoms. The molecular weight excluding hydrogens is 222 g/mol. The van der Waals surface area contributed by atoms with Gasteiger partial charge in [-0.25, -0.2) is 0 Å². The first-order chi connectivity index (χ1) is 7.56. The molecule has 0 bridgehead atoms. The molecule has 1 rings (SSSR count). The third kappa shape index (κ3) is 3.28. The van der Waals surface area contributed by atoms with Gasteiger partial charge in [0.15, 0.2) is 0 Å². The predicted molar refractivity (Wildman–Crippen MR) is 69.2 cm³/mol. The topological polar surface area (TPSA) is 60.1 Å². The van der Waals surface area contributed by atoms with E-state index in [9.17, 15) is 4.79 Å². The molecule has 0 saturated heterocycles. The summed E-state index contributed by atoms with van der Waals surface area (Å²) in [5, 5.41) is 0. The van der Waals surface area contributed by atoms with Gasteiger partial charge < -0.3 is 5.73 Å². The van der Waals surface area contributed by atoms with Gasteiger partial charge in [-0.05, 0) is 44.4 Å². The molecule has 0 fully saturated rings. The van der Waals surface area contributed by atoms with E-state index in [1.807, 2.05) is 32.2 Å². The van der Waals surface area contributed by atoms with Crippen LogP contribution in [0.3, 0.4) is 0 Å². The van der Waals surface area contributed by atoms with Gasteiger partial charge in [0.2, 0.25) is 0 Å². The molecule has 16 heavy (non-hydrogen) atoms. The number of rotatable bonds is 5. The van der Waals surface area contributed by atoms with Crippen LogP contribution < -0.4 is 11.2 Å². The van der Waals surface area contributed by atoms with Gasteiger partial charge in [0.25, 0.3) is 5.91 Å². The van der Waals surface area contributed by atoms with E-state index >= 15 is 0 Å². The molecule has 1 aromatic rings. The quantitative estimate of drug-likeness (QED) is 0.816. The van der Waals surface area contributed by atoms with Crippen LogP contribution >= 0.6 is 11.8 Å². The Kier molecular flexibility index (Phi) is 4.89. The molecule has 0 spiro atoms. The minimum absolute atomic E-state index is 0.128. The van der Waals surface area contributed by atoms with E-state index in [1.165, 1.54) is 0 Å². The fraction of sp³-hybridized carbons (Fsp3) is 0.545. The fourth-order valence-electron chi connectivity index (χ4n) is 1.41. The van der Waals surface area contributed by atoms with Crippen molar-refractivity contribution < 1.29 is 4.79 Å². The molecule has 1 heterocycles. The van der Waals surface area contributed by atoms with Crippen LogP contribution in [0.5, 0.6) is 0 Å². The molecule has 0 radical (unpaired) electrons. The first-order valence-electron chi connectivity index (χ1n) is 5.26. The van der Waals surface area contributed by atoms with Crippen molar-refractivity contribution >= 4 is 17.7 Å². The van der Waals surface area contributed by atoms with Gasteiger partial charge in [-0.1, -0.05) is 0 Å². The van der Waals surface area contributed by atoms with Gasteiger partial charge >= 0.3 is 0 Å². The van der Waals surface area contributed by atoms with Crippen LogP contribution in [0.4, 0.5) is 0 Å². The Hall–Kier alpha value is -0.940. The Balaban J connectivity index is 2.57. The summed E-state index contributed by atoms with van der Waals surface area (Å²) in [6, 6.07) is 3.49. The summed E-state index contributed by atoms with van der Waals surface area (Å²) in [5.41, 5.74) is 10.6. The van der Waals surface area contributed by atoms with E-state index in [4.69, 9.17) is 5.73 Å². The standard InChI is InChI=1S/C11H19N3OS/c1-8-4-5-9(2)14(8)13-11(15)10(12)6-7-16-3/h4-5,10H,6-7,12H2,1-3H3,(H,13,15)/t10-/m1/s1. The monoisotopic (exact) mass is 241 g/mol. The maximum Gasteiger partial charge on any atom is 0.255 e. The molecule has 4 nitrogen and oxygen atoms in total. The molecule has 0 aliphatic carbocycles. The van der Waals surface area contributed by atoms with Gasteiger partial charge in [0.1, 0.15) is 0 Å². The number of aromatic nitrogens is 1. The Morgan fingerprint density at radius 2 is 2.06 bits per heavy atom. The first-order valence-corrected chi connectivity index (χ1v) is 6.66. The van der Waals surface area contributed by atoms with Crippen LogP contribution in [-0.4, -0.2) is 28.6 Å². The van der Waals surface area contributed by atoms with E-state index < -0.39 is 6.04 Å². The lowest BCUT2D eigenvalue weighted by atomic mass is 10.2.